The Morgan fingerprint density at radius 2 is 2.00 bits per heavy atom. The second-order valence-electron chi connectivity index (χ2n) is 6.63. The number of likely N-dealkylation sites (tertiary alicyclic amines) is 1. The van der Waals surface area contributed by atoms with E-state index in [-0.39, 0.29) is 18.2 Å². The summed E-state index contributed by atoms with van der Waals surface area (Å²) in [7, 11) is 0. The number of carbonyl (C=O) groups is 3. The van der Waals surface area contributed by atoms with Gasteiger partial charge in [0.25, 0.3) is 0 Å². The Morgan fingerprint density at radius 1 is 1.32 bits per heavy atom. The smallest absolute Gasteiger partial charge is 0.407 e. The molecular weight excluding hydrogens is 286 g/mol. The highest BCUT2D eigenvalue weighted by atomic mass is 16.6. The van der Waals surface area contributed by atoms with Gasteiger partial charge in [0.15, 0.2) is 0 Å². The van der Waals surface area contributed by atoms with Crippen molar-refractivity contribution in [2.75, 3.05) is 19.6 Å². The Hall–Kier alpha value is -1.79. The number of ether oxygens (including phenoxy) is 1. The van der Waals surface area contributed by atoms with E-state index in [0.717, 1.165) is 19.3 Å². The summed E-state index contributed by atoms with van der Waals surface area (Å²) in [5.41, 5.74) is 4.73. The first-order valence-corrected chi connectivity index (χ1v) is 7.73. The molecule has 1 atom stereocenters. The maximum Gasteiger partial charge on any atom is 0.407 e. The molecule has 0 radical (unpaired) electrons. The van der Waals surface area contributed by atoms with Crippen LogP contribution in [0.3, 0.4) is 0 Å². The predicted molar refractivity (Wildman–Crippen MR) is 82.0 cm³/mol. The zero-order valence-electron chi connectivity index (χ0n) is 13.7. The molecule has 1 rings (SSSR count). The van der Waals surface area contributed by atoms with Gasteiger partial charge in [0.1, 0.15) is 5.60 Å². The molecule has 1 unspecified atom stereocenters. The lowest BCUT2D eigenvalue weighted by Gasteiger charge is -2.19. The summed E-state index contributed by atoms with van der Waals surface area (Å²) in [5, 5.41) is 2.70. The summed E-state index contributed by atoms with van der Waals surface area (Å²) >= 11 is 0. The van der Waals surface area contributed by atoms with E-state index in [1.807, 2.05) is 20.8 Å². The summed E-state index contributed by atoms with van der Waals surface area (Å²) in [5.74, 6) is -0.755. The van der Waals surface area contributed by atoms with Gasteiger partial charge in [0.2, 0.25) is 11.8 Å². The van der Waals surface area contributed by atoms with Gasteiger partial charge in [0, 0.05) is 26.1 Å². The lowest BCUT2D eigenvalue weighted by atomic mass is 10.1. The predicted octanol–water partition coefficient (Wildman–Crippen LogP) is 1.02. The SMILES string of the molecule is CC(C)(C)OC(=O)NCCCCCN1CC(C(N)=O)CC1=O. The van der Waals surface area contributed by atoms with E-state index < -0.39 is 17.6 Å². The molecule has 0 saturated carbocycles. The molecule has 3 N–H and O–H groups in total. The number of unbranched alkanes of at least 4 members (excludes halogenated alkanes) is 2. The van der Waals surface area contributed by atoms with E-state index in [0.29, 0.717) is 19.6 Å². The maximum atomic E-state index is 11.7. The van der Waals surface area contributed by atoms with Gasteiger partial charge in [-0.1, -0.05) is 0 Å². The standard InChI is InChI=1S/C15H27N3O4/c1-15(2,3)22-14(21)17-7-5-4-6-8-18-10-11(13(16)20)9-12(18)19/h11H,4-10H2,1-3H3,(H2,16,20)(H,17,21). The number of alkyl carbamates (subject to hydrolysis) is 1. The van der Waals surface area contributed by atoms with Gasteiger partial charge in [-0.15, -0.1) is 0 Å². The van der Waals surface area contributed by atoms with Crippen LogP contribution in [-0.4, -0.2) is 48.0 Å². The third-order valence-electron chi connectivity index (χ3n) is 3.39. The van der Waals surface area contributed by atoms with Crippen molar-refractivity contribution < 1.29 is 19.1 Å². The molecule has 7 nitrogen and oxygen atoms in total. The Balaban J connectivity index is 2.08. The normalized spacial score (nSPS) is 18.4. The lowest BCUT2D eigenvalue weighted by molar-refractivity contribution is -0.128. The van der Waals surface area contributed by atoms with Crippen LogP contribution >= 0.6 is 0 Å². The summed E-state index contributed by atoms with van der Waals surface area (Å²) < 4.78 is 5.13. The average Bonchev–Trinajstić information content (AvgIpc) is 2.73. The van der Waals surface area contributed by atoms with Crippen LogP contribution in [0.2, 0.25) is 0 Å². The van der Waals surface area contributed by atoms with Crippen LogP contribution in [0.4, 0.5) is 4.79 Å². The molecule has 1 fully saturated rings. The zero-order chi connectivity index (χ0) is 16.8. The third kappa shape index (κ3) is 6.78. The fourth-order valence-electron chi connectivity index (χ4n) is 2.29. The molecular formula is C15H27N3O4. The van der Waals surface area contributed by atoms with Gasteiger partial charge in [0.05, 0.1) is 5.92 Å². The first-order chi connectivity index (χ1) is 10.2. The molecule has 3 amide bonds. The minimum absolute atomic E-state index is 0.00400. The summed E-state index contributed by atoms with van der Waals surface area (Å²) in [4.78, 5) is 35.8. The fourth-order valence-corrected chi connectivity index (χ4v) is 2.29. The van der Waals surface area contributed by atoms with Crippen LogP contribution in [0, 0.1) is 5.92 Å². The quantitative estimate of drug-likeness (QED) is 0.685. The topological polar surface area (TPSA) is 102 Å². The number of hydrogen-bond acceptors (Lipinski definition) is 4. The van der Waals surface area contributed by atoms with E-state index in [9.17, 15) is 14.4 Å². The highest BCUT2D eigenvalue weighted by molar-refractivity contribution is 5.88. The van der Waals surface area contributed by atoms with Crippen LogP contribution in [0.1, 0.15) is 46.5 Å². The van der Waals surface area contributed by atoms with Crippen molar-refractivity contribution in [2.45, 2.75) is 52.1 Å². The average molecular weight is 313 g/mol. The van der Waals surface area contributed by atoms with Gasteiger partial charge in [-0.25, -0.2) is 4.79 Å². The van der Waals surface area contributed by atoms with Crippen molar-refractivity contribution in [2.24, 2.45) is 11.7 Å². The van der Waals surface area contributed by atoms with Crippen molar-refractivity contribution in [3.63, 3.8) is 0 Å². The summed E-state index contributed by atoms with van der Waals surface area (Å²) in [6, 6.07) is 0. The van der Waals surface area contributed by atoms with Gasteiger partial charge < -0.3 is 20.7 Å². The van der Waals surface area contributed by atoms with Gasteiger partial charge >= 0.3 is 6.09 Å². The lowest BCUT2D eigenvalue weighted by Crippen LogP contribution is -2.33. The van der Waals surface area contributed by atoms with Crippen LogP contribution < -0.4 is 11.1 Å². The Bertz CT molecular complexity index is 418. The molecule has 0 aromatic carbocycles. The molecule has 7 heteroatoms. The van der Waals surface area contributed by atoms with Crippen LogP contribution in [0.25, 0.3) is 0 Å². The molecule has 0 aromatic heterocycles. The molecule has 126 valence electrons. The minimum Gasteiger partial charge on any atom is -0.444 e. The van der Waals surface area contributed by atoms with Crippen molar-refractivity contribution >= 4 is 17.9 Å². The molecule has 1 saturated heterocycles. The molecule has 1 aliphatic rings. The number of hydrogen-bond donors (Lipinski definition) is 2. The molecule has 0 aliphatic carbocycles. The highest BCUT2D eigenvalue weighted by Crippen LogP contribution is 2.17. The van der Waals surface area contributed by atoms with E-state index >= 15 is 0 Å². The number of nitrogens with two attached hydrogens (primary N) is 1. The molecule has 0 bridgehead atoms. The van der Waals surface area contributed by atoms with E-state index in [2.05, 4.69) is 5.32 Å². The first-order valence-electron chi connectivity index (χ1n) is 7.73. The van der Waals surface area contributed by atoms with Gasteiger partial charge in [-0.3, -0.25) is 9.59 Å². The number of nitrogens with one attached hydrogen (secondary N) is 1. The Labute approximate surface area is 131 Å². The van der Waals surface area contributed by atoms with E-state index in [1.54, 1.807) is 4.90 Å². The van der Waals surface area contributed by atoms with E-state index in [1.165, 1.54) is 0 Å². The molecule has 1 heterocycles. The second kappa shape index (κ2) is 8.00. The fraction of sp³-hybridized carbons (Fsp3) is 0.800. The number of primary amides is 1. The second-order valence-corrected chi connectivity index (χ2v) is 6.63. The minimum atomic E-state index is -0.489. The summed E-state index contributed by atoms with van der Waals surface area (Å²) in [6.07, 6.45) is 2.37. The van der Waals surface area contributed by atoms with Gasteiger partial charge in [-0.2, -0.15) is 0 Å². The number of amides is 3. The highest BCUT2D eigenvalue weighted by Gasteiger charge is 2.32. The molecule has 1 aliphatic heterocycles. The first kappa shape index (κ1) is 18.3. The third-order valence-corrected chi connectivity index (χ3v) is 3.39. The van der Waals surface area contributed by atoms with Crippen LogP contribution in [-0.2, 0) is 14.3 Å². The largest absolute Gasteiger partial charge is 0.444 e. The zero-order valence-corrected chi connectivity index (χ0v) is 13.7. The van der Waals surface area contributed by atoms with Crippen LogP contribution in [0.5, 0.6) is 0 Å². The molecule has 0 spiro atoms. The Kier molecular flexibility index (Phi) is 6.64. The maximum absolute atomic E-state index is 11.7. The van der Waals surface area contributed by atoms with Crippen molar-refractivity contribution in [1.82, 2.24) is 10.2 Å². The van der Waals surface area contributed by atoms with Crippen LogP contribution in [0.15, 0.2) is 0 Å². The van der Waals surface area contributed by atoms with Gasteiger partial charge in [-0.05, 0) is 40.0 Å². The number of rotatable bonds is 7. The summed E-state index contributed by atoms with van der Waals surface area (Å²) in [6.45, 7) is 7.07. The Morgan fingerprint density at radius 3 is 2.55 bits per heavy atom. The van der Waals surface area contributed by atoms with Crippen molar-refractivity contribution in [3.05, 3.63) is 0 Å². The van der Waals surface area contributed by atoms with Crippen molar-refractivity contribution in [1.29, 1.82) is 0 Å². The molecule has 22 heavy (non-hydrogen) atoms. The molecule has 0 aromatic rings. The van der Waals surface area contributed by atoms with E-state index in [4.69, 9.17) is 10.5 Å². The number of carbonyl (C=O) groups excluding carboxylic acids is 3. The number of nitrogens with zero attached hydrogens (tertiary/aromatic N) is 1. The monoisotopic (exact) mass is 313 g/mol. The van der Waals surface area contributed by atoms with Crippen molar-refractivity contribution in [3.8, 4) is 0 Å².